The molecule has 1 amide bonds. The number of carbonyl (C=O) groups excluding carboxylic acids is 1. The molecule has 2 N–H and O–H groups in total. The van der Waals surface area contributed by atoms with E-state index >= 15 is 0 Å². The minimum Gasteiger partial charge on any atom is -0.480 e. The average molecular weight is 439 g/mol. The fourth-order valence-corrected chi connectivity index (χ4v) is 4.00. The molecular formula is C23H16Cl2N2O3. The molecule has 4 rings (SSSR count). The van der Waals surface area contributed by atoms with E-state index < -0.39 is 17.9 Å². The second-order valence-corrected chi connectivity index (χ2v) is 7.60. The topological polar surface area (TPSA) is 79.3 Å². The summed E-state index contributed by atoms with van der Waals surface area (Å²) in [6.07, 6.45) is -0.0411. The van der Waals surface area contributed by atoms with Gasteiger partial charge in [-0.2, -0.15) is 0 Å². The highest BCUT2D eigenvalue weighted by Crippen LogP contribution is 2.28. The number of hydrogen-bond acceptors (Lipinski definition) is 3. The molecule has 1 aromatic heterocycles. The van der Waals surface area contributed by atoms with Gasteiger partial charge in [0.25, 0.3) is 5.91 Å². The Morgan fingerprint density at radius 1 is 0.867 bits per heavy atom. The standard InChI is InChI=1S/C23H16Cl2N2O3/c24-16-8-5-9-17(25)15(16)12-20(23(29)30)27-22(28)21-13-6-1-3-10-18(13)26-19-11-4-2-7-14(19)21/h1-11,20H,12H2,(H,27,28)(H,29,30)/t20-/m0/s1. The van der Waals surface area contributed by atoms with Gasteiger partial charge in [0.15, 0.2) is 0 Å². The molecule has 0 aliphatic carbocycles. The van der Waals surface area contributed by atoms with Crippen LogP contribution in [0.15, 0.2) is 66.7 Å². The summed E-state index contributed by atoms with van der Waals surface area (Å²) in [6.45, 7) is 0. The van der Waals surface area contributed by atoms with Crippen LogP contribution < -0.4 is 5.32 Å². The predicted octanol–water partition coefficient (Wildman–Crippen LogP) is 5.12. The van der Waals surface area contributed by atoms with Crippen molar-refractivity contribution in [3.63, 3.8) is 0 Å². The average Bonchev–Trinajstić information content (AvgIpc) is 2.73. The fourth-order valence-electron chi connectivity index (χ4n) is 3.45. The van der Waals surface area contributed by atoms with Crippen molar-refractivity contribution in [1.82, 2.24) is 10.3 Å². The van der Waals surface area contributed by atoms with Gasteiger partial charge >= 0.3 is 5.97 Å². The zero-order valence-corrected chi connectivity index (χ0v) is 17.1. The van der Waals surface area contributed by atoms with E-state index in [-0.39, 0.29) is 6.42 Å². The smallest absolute Gasteiger partial charge is 0.326 e. The summed E-state index contributed by atoms with van der Waals surface area (Å²) >= 11 is 12.4. The van der Waals surface area contributed by atoms with Crippen LogP contribution in [0.1, 0.15) is 15.9 Å². The molecule has 3 aromatic carbocycles. The first-order valence-electron chi connectivity index (χ1n) is 9.19. The number of hydrogen-bond donors (Lipinski definition) is 2. The molecule has 0 fully saturated rings. The largest absolute Gasteiger partial charge is 0.480 e. The van der Waals surface area contributed by atoms with Gasteiger partial charge in [0.1, 0.15) is 6.04 Å². The SMILES string of the molecule is O=C(N[C@@H](Cc1c(Cl)cccc1Cl)C(=O)O)c1c2ccccc2nc2ccccc12. The van der Waals surface area contributed by atoms with Gasteiger partial charge in [0, 0.05) is 27.2 Å². The number of rotatable bonds is 5. The van der Waals surface area contributed by atoms with Crippen LogP contribution in [-0.4, -0.2) is 28.0 Å². The molecule has 30 heavy (non-hydrogen) atoms. The Kier molecular flexibility index (Phi) is 5.57. The lowest BCUT2D eigenvalue weighted by atomic mass is 10.0. The van der Waals surface area contributed by atoms with Crippen LogP contribution in [-0.2, 0) is 11.2 Å². The molecule has 0 saturated carbocycles. The zero-order valence-electron chi connectivity index (χ0n) is 15.6. The minimum atomic E-state index is -1.21. The van der Waals surface area contributed by atoms with Crippen LogP contribution in [0, 0.1) is 0 Å². The summed E-state index contributed by atoms with van der Waals surface area (Å²) in [5.41, 5.74) is 2.16. The quantitative estimate of drug-likeness (QED) is 0.423. The monoisotopic (exact) mass is 438 g/mol. The third-order valence-electron chi connectivity index (χ3n) is 4.89. The van der Waals surface area contributed by atoms with Crippen molar-refractivity contribution < 1.29 is 14.7 Å². The summed E-state index contributed by atoms with van der Waals surface area (Å²) in [6, 6.07) is 18.3. The number of carbonyl (C=O) groups is 2. The zero-order chi connectivity index (χ0) is 21.3. The van der Waals surface area contributed by atoms with Gasteiger partial charge in [-0.1, -0.05) is 65.7 Å². The number of nitrogens with zero attached hydrogens (tertiary/aromatic N) is 1. The first-order valence-corrected chi connectivity index (χ1v) is 9.95. The second kappa shape index (κ2) is 8.30. The summed E-state index contributed by atoms with van der Waals surface area (Å²) in [7, 11) is 0. The van der Waals surface area contributed by atoms with E-state index in [4.69, 9.17) is 23.2 Å². The molecule has 4 aromatic rings. The number of aromatic nitrogens is 1. The second-order valence-electron chi connectivity index (χ2n) is 6.79. The van der Waals surface area contributed by atoms with Crippen LogP contribution in [0.4, 0.5) is 0 Å². The third-order valence-corrected chi connectivity index (χ3v) is 5.60. The molecule has 0 bridgehead atoms. The summed E-state index contributed by atoms with van der Waals surface area (Å²) in [5.74, 6) is -1.68. The molecule has 7 heteroatoms. The highest BCUT2D eigenvalue weighted by atomic mass is 35.5. The number of amides is 1. The Bertz CT molecular complexity index is 1220. The number of nitrogens with one attached hydrogen (secondary N) is 1. The third kappa shape index (κ3) is 3.82. The van der Waals surface area contributed by atoms with E-state index in [0.717, 1.165) is 0 Å². The first kappa shape index (κ1) is 20.1. The Balaban J connectivity index is 1.76. The molecule has 5 nitrogen and oxygen atoms in total. The van der Waals surface area contributed by atoms with Crippen molar-refractivity contribution in [2.75, 3.05) is 0 Å². The lowest BCUT2D eigenvalue weighted by Gasteiger charge is -2.18. The van der Waals surface area contributed by atoms with Gasteiger partial charge in [-0.25, -0.2) is 9.78 Å². The number of fused-ring (bicyclic) bond motifs is 2. The number of halogens is 2. The molecule has 1 atom stereocenters. The molecule has 0 spiro atoms. The first-order chi connectivity index (χ1) is 14.5. The molecule has 0 saturated heterocycles. The van der Waals surface area contributed by atoms with Crippen molar-refractivity contribution >= 4 is 56.9 Å². The Morgan fingerprint density at radius 2 is 1.40 bits per heavy atom. The van der Waals surface area contributed by atoms with E-state index in [2.05, 4.69) is 10.3 Å². The summed E-state index contributed by atoms with van der Waals surface area (Å²) in [4.78, 5) is 29.8. The van der Waals surface area contributed by atoms with Gasteiger partial charge in [-0.05, 0) is 29.8 Å². The fraction of sp³-hybridized carbons (Fsp3) is 0.0870. The highest BCUT2D eigenvalue weighted by molar-refractivity contribution is 6.36. The molecule has 0 aliphatic heterocycles. The van der Waals surface area contributed by atoms with Gasteiger partial charge in [-0.3, -0.25) is 4.79 Å². The van der Waals surface area contributed by atoms with E-state index in [1.807, 2.05) is 36.4 Å². The molecule has 0 unspecified atom stereocenters. The summed E-state index contributed by atoms with van der Waals surface area (Å²) < 4.78 is 0. The molecule has 1 heterocycles. The van der Waals surface area contributed by atoms with Crippen molar-refractivity contribution in [2.24, 2.45) is 0 Å². The molecular weight excluding hydrogens is 423 g/mol. The number of carboxylic acid groups (broad SMARTS) is 1. The van der Waals surface area contributed by atoms with E-state index in [0.29, 0.717) is 43.0 Å². The Labute approximate surface area is 182 Å². The number of aliphatic carboxylic acids is 1. The van der Waals surface area contributed by atoms with E-state index in [1.165, 1.54) is 0 Å². The molecule has 150 valence electrons. The number of carboxylic acids is 1. The van der Waals surface area contributed by atoms with E-state index in [9.17, 15) is 14.7 Å². The van der Waals surface area contributed by atoms with Crippen molar-refractivity contribution in [2.45, 2.75) is 12.5 Å². The van der Waals surface area contributed by atoms with Gasteiger partial charge < -0.3 is 10.4 Å². The Morgan fingerprint density at radius 3 is 1.93 bits per heavy atom. The maximum absolute atomic E-state index is 13.3. The molecule has 0 aliphatic rings. The van der Waals surface area contributed by atoms with Gasteiger partial charge in [0.2, 0.25) is 0 Å². The summed E-state index contributed by atoms with van der Waals surface area (Å²) in [5, 5.41) is 14.4. The van der Waals surface area contributed by atoms with Crippen LogP contribution >= 0.6 is 23.2 Å². The maximum Gasteiger partial charge on any atom is 0.326 e. The lowest BCUT2D eigenvalue weighted by molar-refractivity contribution is -0.139. The van der Waals surface area contributed by atoms with Gasteiger partial charge in [-0.15, -0.1) is 0 Å². The van der Waals surface area contributed by atoms with Crippen molar-refractivity contribution in [3.8, 4) is 0 Å². The number of para-hydroxylation sites is 2. The number of benzene rings is 3. The van der Waals surface area contributed by atoms with Crippen LogP contribution in [0.25, 0.3) is 21.8 Å². The maximum atomic E-state index is 13.3. The predicted molar refractivity (Wildman–Crippen MR) is 118 cm³/mol. The van der Waals surface area contributed by atoms with Crippen molar-refractivity contribution in [3.05, 3.63) is 87.9 Å². The van der Waals surface area contributed by atoms with Crippen LogP contribution in [0.3, 0.4) is 0 Å². The van der Waals surface area contributed by atoms with Gasteiger partial charge in [0.05, 0.1) is 16.6 Å². The highest BCUT2D eigenvalue weighted by Gasteiger charge is 2.25. The van der Waals surface area contributed by atoms with E-state index in [1.54, 1.807) is 30.3 Å². The minimum absolute atomic E-state index is 0.0411. The lowest BCUT2D eigenvalue weighted by Crippen LogP contribution is -2.42. The van der Waals surface area contributed by atoms with Crippen LogP contribution in [0.2, 0.25) is 10.0 Å². The Hall–Kier alpha value is -3.15. The van der Waals surface area contributed by atoms with Crippen molar-refractivity contribution in [1.29, 1.82) is 0 Å². The molecule has 0 radical (unpaired) electrons. The number of pyridine rings is 1. The normalized spacial score (nSPS) is 12.1. The van der Waals surface area contributed by atoms with Crippen LogP contribution in [0.5, 0.6) is 0 Å².